The zero-order valence-corrected chi connectivity index (χ0v) is 20.4. The Labute approximate surface area is 201 Å². The zero-order valence-electron chi connectivity index (χ0n) is 20.4. The van der Waals surface area contributed by atoms with Crippen LogP contribution in [0.25, 0.3) is 0 Å². The van der Waals surface area contributed by atoms with Crippen LogP contribution in [0.15, 0.2) is 59.0 Å². The van der Waals surface area contributed by atoms with Gasteiger partial charge in [-0.2, -0.15) is 0 Å². The van der Waals surface area contributed by atoms with Crippen LogP contribution >= 0.6 is 0 Å². The Morgan fingerprint density at radius 3 is 2.41 bits per heavy atom. The van der Waals surface area contributed by atoms with E-state index in [9.17, 15) is 9.18 Å². The molecule has 1 saturated heterocycles. The van der Waals surface area contributed by atoms with Crippen molar-refractivity contribution in [2.45, 2.75) is 39.8 Å². The standard InChI is InChI=1S/C28H33FN2O3/c1-19-13-27(34-20(19)2)17-30-15-24(28(18-30)23-7-11-26(33-4)12-8-23)16-31(21(3)32)14-22-5-9-25(29)10-6-22/h5-13,24,28H,14-18H2,1-4H3/t24-,28-/m1/s1. The Kier molecular flexibility index (Phi) is 7.37. The van der Waals surface area contributed by atoms with Crippen LogP contribution in [0.4, 0.5) is 4.39 Å². The molecule has 1 aromatic heterocycles. The van der Waals surface area contributed by atoms with Crippen LogP contribution in [0.3, 0.4) is 0 Å². The van der Waals surface area contributed by atoms with E-state index in [0.29, 0.717) is 13.1 Å². The average molecular weight is 465 g/mol. The fourth-order valence-electron chi connectivity index (χ4n) is 4.85. The first kappa shape index (κ1) is 24.0. The number of carbonyl (C=O) groups excluding carboxylic acids is 1. The van der Waals surface area contributed by atoms with Crippen LogP contribution in [-0.2, 0) is 17.9 Å². The predicted octanol–water partition coefficient (Wildman–Crippen LogP) is 5.31. The lowest BCUT2D eigenvalue weighted by Gasteiger charge is -2.28. The summed E-state index contributed by atoms with van der Waals surface area (Å²) in [6.45, 7) is 9.26. The molecule has 1 aliphatic heterocycles. The fourth-order valence-corrected chi connectivity index (χ4v) is 4.85. The number of likely N-dealkylation sites (tertiary alicyclic amines) is 1. The summed E-state index contributed by atoms with van der Waals surface area (Å²) in [6.07, 6.45) is 0. The molecule has 0 radical (unpaired) electrons. The third-order valence-electron chi connectivity index (χ3n) is 6.84. The maximum atomic E-state index is 13.3. The molecule has 1 amide bonds. The zero-order chi connectivity index (χ0) is 24.2. The van der Waals surface area contributed by atoms with Crippen molar-refractivity contribution in [2.75, 3.05) is 26.7 Å². The molecule has 2 aromatic carbocycles. The number of hydrogen-bond donors (Lipinski definition) is 0. The van der Waals surface area contributed by atoms with E-state index in [-0.39, 0.29) is 23.6 Å². The first-order valence-electron chi connectivity index (χ1n) is 11.7. The Bertz CT molecular complexity index is 1090. The fraction of sp³-hybridized carbons (Fsp3) is 0.393. The quantitative estimate of drug-likeness (QED) is 0.453. The Balaban J connectivity index is 1.54. The van der Waals surface area contributed by atoms with E-state index >= 15 is 0 Å². The van der Waals surface area contributed by atoms with Crippen molar-refractivity contribution >= 4 is 5.91 Å². The predicted molar refractivity (Wildman–Crippen MR) is 130 cm³/mol. The number of nitrogens with zero attached hydrogens (tertiary/aromatic N) is 2. The molecular formula is C28H33FN2O3. The second kappa shape index (κ2) is 10.4. The van der Waals surface area contributed by atoms with E-state index in [1.807, 2.05) is 24.0 Å². The van der Waals surface area contributed by atoms with E-state index in [2.05, 4.69) is 30.0 Å². The molecule has 0 aliphatic carbocycles. The van der Waals surface area contributed by atoms with Gasteiger partial charge < -0.3 is 14.1 Å². The Morgan fingerprint density at radius 2 is 1.82 bits per heavy atom. The normalized spacial score (nSPS) is 18.3. The summed E-state index contributed by atoms with van der Waals surface area (Å²) in [5, 5.41) is 0. The minimum absolute atomic E-state index is 0.0218. The van der Waals surface area contributed by atoms with Gasteiger partial charge in [-0.3, -0.25) is 9.69 Å². The Hall–Kier alpha value is -3.12. The van der Waals surface area contributed by atoms with Crippen LogP contribution in [0.5, 0.6) is 5.75 Å². The summed E-state index contributed by atoms with van der Waals surface area (Å²) in [5.74, 6) is 3.05. The smallest absolute Gasteiger partial charge is 0.219 e. The van der Waals surface area contributed by atoms with Crippen molar-refractivity contribution in [1.82, 2.24) is 9.80 Å². The third-order valence-corrected chi connectivity index (χ3v) is 6.84. The molecule has 4 rings (SSSR count). The number of carbonyl (C=O) groups is 1. The summed E-state index contributed by atoms with van der Waals surface area (Å²) in [6, 6.07) is 16.7. The van der Waals surface area contributed by atoms with Crippen molar-refractivity contribution in [3.8, 4) is 5.75 Å². The number of hydrogen-bond acceptors (Lipinski definition) is 4. The summed E-state index contributed by atoms with van der Waals surface area (Å²) in [5.41, 5.74) is 3.33. The van der Waals surface area contributed by atoms with Crippen molar-refractivity contribution in [2.24, 2.45) is 5.92 Å². The minimum atomic E-state index is -0.271. The minimum Gasteiger partial charge on any atom is -0.497 e. The van der Waals surface area contributed by atoms with E-state index in [1.54, 1.807) is 26.2 Å². The van der Waals surface area contributed by atoms with E-state index < -0.39 is 0 Å². The number of halogens is 1. The van der Waals surface area contributed by atoms with Crippen molar-refractivity contribution in [3.63, 3.8) is 0 Å². The number of furan rings is 1. The number of rotatable bonds is 8. The molecule has 2 atom stereocenters. The van der Waals surface area contributed by atoms with Crippen LogP contribution in [0.2, 0.25) is 0 Å². The average Bonchev–Trinajstić information content (AvgIpc) is 3.36. The molecule has 0 bridgehead atoms. The van der Waals surface area contributed by atoms with Gasteiger partial charge >= 0.3 is 0 Å². The van der Waals surface area contributed by atoms with Gasteiger partial charge in [-0.25, -0.2) is 4.39 Å². The summed E-state index contributed by atoms with van der Waals surface area (Å²) in [7, 11) is 1.67. The number of methoxy groups -OCH3 is 1. The number of aryl methyl sites for hydroxylation is 2. The number of amides is 1. The summed E-state index contributed by atoms with van der Waals surface area (Å²) in [4.78, 5) is 16.8. The van der Waals surface area contributed by atoms with Gasteiger partial charge in [0.25, 0.3) is 0 Å². The van der Waals surface area contributed by atoms with E-state index in [1.165, 1.54) is 23.3 Å². The first-order valence-corrected chi connectivity index (χ1v) is 11.7. The third kappa shape index (κ3) is 5.68. The van der Waals surface area contributed by atoms with Crippen LogP contribution in [-0.4, -0.2) is 42.5 Å². The molecule has 180 valence electrons. The largest absolute Gasteiger partial charge is 0.497 e. The lowest BCUT2D eigenvalue weighted by molar-refractivity contribution is -0.130. The lowest BCUT2D eigenvalue weighted by atomic mass is 9.88. The maximum Gasteiger partial charge on any atom is 0.219 e. The molecule has 6 heteroatoms. The molecule has 0 unspecified atom stereocenters. The molecule has 34 heavy (non-hydrogen) atoms. The van der Waals surface area contributed by atoms with E-state index in [0.717, 1.165) is 42.5 Å². The Morgan fingerprint density at radius 1 is 1.12 bits per heavy atom. The van der Waals surface area contributed by atoms with Crippen molar-refractivity contribution in [3.05, 3.63) is 88.6 Å². The molecule has 0 saturated carbocycles. The van der Waals surface area contributed by atoms with Crippen molar-refractivity contribution < 1.29 is 18.3 Å². The first-order chi connectivity index (χ1) is 16.3. The van der Waals surface area contributed by atoms with Gasteiger partial charge in [-0.05, 0) is 66.8 Å². The molecule has 5 nitrogen and oxygen atoms in total. The van der Waals surface area contributed by atoms with Gasteiger partial charge in [0.05, 0.1) is 13.7 Å². The van der Waals surface area contributed by atoms with Gasteiger partial charge in [0, 0.05) is 39.0 Å². The monoisotopic (exact) mass is 464 g/mol. The maximum absolute atomic E-state index is 13.3. The van der Waals surface area contributed by atoms with Crippen LogP contribution in [0, 0.1) is 25.6 Å². The highest BCUT2D eigenvalue weighted by Gasteiger charge is 2.35. The van der Waals surface area contributed by atoms with Crippen LogP contribution in [0.1, 0.15) is 41.1 Å². The summed E-state index contributed by atoms with van der Waals surface area (Å²) >= 11 is 0. The van der Waals surface area contributed by atoms with Crippen LogP contribution < -0.4 is 4.74 Å². The summed E-state index contributed by atoms with van der Waals surface area (Å²) < 4.78 is 24.6. The molecule has 1 fully saturated rings. The van der Waals surface area contributed by atoms with E-state index in [4.69, 9.17) is 9.15 Å². The molecule has 2 heterocycles. The molecule has 0 N–H and O–H groups in total. The highest BCUT2D eigenvalue weighted by molar-refractivity contribution is 5.73. The number of ether oxygens (including phenoxy) is 1. The highest BCUT2D eigenvalue weighted by atomic mass is 19.1. The highest BCUT2D eigenvalue weighted by Crippen LogP contribution is 2.35. The second-order valence-electron chi connectivity index (χ2n) is 9.31. The number of benzene rings is 2. The second-order valence-corrected chi connectivity index (χ2v) is 9.31. The molecule has 1 aliphatic rings. The van der Waals surface area contributed by atoms with Crippen molar-refractivity contribution in [1.29, 1.82) is 0 Å². The van der Waals surface area contributed by atoms with Gasteiger partial charge in [0.1, 0.15) is 23.1 Å². The molecule has 3 aromatic rings. The SMILES string of the molecule is COc1ccc([C@H]2CN(Cc3cc(C)c(C)o3)C[C@@H]2CN(Cc2ccc(F)cc2)C(C)=O)cc1. The van der Waals surface area contributed by atoms with Gasteiger partial charge in [-0.1, -0.05) is 24.3 Å². The van der Waals surface area contributed by atoms with Gasteiger partial charge in [0.15, 0.2) is 0 Å². The van der Waals surface area contributed by atoms with Gasteiger partial charge in [-0.15, -0.1) is 0 Å². The van der Waals surface area contributed by atoms with Gasteiger partial charge in [0.2, 0.25) is 5.91 Å². The molecular weight excluding hydrogens is 431 g/mol. The molecule has 0 spiro atoms. The topological polar surface area (TPSA) is 45.9 Å². The lowest BCUT2D eigenvalue weighted by Crippen LogP contribution is -2.35.